The van der Waals surface area contributed by atoms with Gasteiger partial charge in [0.2, 0.25) is 15.9 Å². The van der Waals surface area contributed by atoms with Gasteiger partial charge < -0.3 is 4.90 Å². The molecule has 0 atom stereocenters. The maximum absolute atomic E-state index is 12.5. The first kappa shape index (κ1) is 22.9. The van der Waals surface area contributed by atoms with Crippen molar-refractivity contribution >= 4 is 55.2 Å². The molecule has 1 aliphatic rings. The Kier molecular flexibility index (Phi) is 7.25. The van der Waals surface area contributed by atoms with Crippen LogP contribution in [0.1, 0.15) is 35.8 Å². The molecular weight excluding hydrogens is 466 g/mol. The van der Waals surface area contributed by atoms with Crippen LogP contribution in [0.4, 0.5) is 0 Å². The highest BCUT2D eigenvalue weighted by Crippen LogP contribution is 2.34. The molecule has 1 aliphatic heterocycles. The van der Waals surface area contributed by atoms with Gasteiger partial charge in [0.25, 0.3) is 0 Å². The molecule has 1 aromatic heterocycles. The number of rotatable bonds is 7. The molecule has 0 spiro atoms. The van der Waals surface area contributed by atoms with E-state index in [0.717, 1.165) is 39.0 Å². The molecule has 168 valence electrons. The molecule has 2 aromatic carbocycles. The smallest absolute Gasteiger partial charge is 0.233 e. The quantitative estimate of drug-likeness (QED) is 0.524. The molecule has 0 bridgehead atoms. The first-order valence-corrected chi connectivity index (χ1v) is 13.2. The molecule has 1 saturated heterocycles. The lowest BCUT2D eigenvalue weighted by Crippen LogP contribution is -2.39. The summed E-state index contributed by atoms with van der Waals surface area (Å²) in [6.07, 6.45) is 3.38. The third-order valence-corrected chi connectivity index (χ3v) is 7.98. The lowest BCUT2D eigenvalue weighted by atomic mass is 9.97. The summed E-state index contributed by atoms with van der Waals surface area (Å²) in [5, 5.41) is 2.90. The maximum Gasteiger partial charge on any atom is 0.233 e. The Labute approximate surface area is 197 Å². The number of thiazole rings is 1. The summed E-state index contributed by atoms with van der Waals surface area (Å²) >= 11 is 7.74. The normalized spacial score (nSPS) is 15.6. The van der Waals surface area contributed by atoms with Crippen LogP contribution < -0.4 is 4.72 Å². The number of halogens is 1. The second-order valence-corrected chi connectivity index (χ2v) is 10.9. The molecule has 2 heterocycles. The van der Waals surface area contributed by atoms with Gasteiger partial charge in [0.05, 0.1) is 15.2 Å². The van der Waals surface area contributed by atoms with Crippen molar-refractivity contribution in [3.05, 3.63) is 69.5 Å². The van der Waals surface area contributed by atoms with Gasteiger partial charge >= 0.3 is 0 Å². The maximum atomic E-state index is 12.5. The summed E-state index contributed by atoms with van der Waals surface area (Å²) in [7, 11) is -3.58. The van der Waals surface area contributed by atoms with Crippen LogP contribution >= 0.6 is 22.9 Å². The number of sulfonamides is 1. The minimum absolute atomic E-state index is 0.0331. The molecular formula is C23H24ClN3O3S2. The van der Waals surface area contributed by atoms with Crippen LogP contribution in [0.5, 0.6) is 0 Å². The Hall–Kier alpha value is -2.26. The highest BCUT2D eigenvalue weighted by atomic mass is 35.5. The SMILES string of the molecule is O=C(CCNS(=O)(=O)/C=C/c1ccccc1)N1CCC(c2nc3cc(Cl)ccc3s2)CC1. The van der Waals surface area contributed by atoms with Gasteiger partial charge in [-0.3, -0.25) is 4.79 Å². The molecule has 32 heavy (non-hydrogen) atoms. The number of fused-ring (bicyclic) bond motifs is 1. The summed E-state index contributed by atoms with van der Waals surface area (Å²) in [5.41, 5.74) is 1.72. The number of hydrogen-bond acceptors (Lipinski definition) is 5. The number of carbonyl (C=O) groups is 1. The van der Waals surface area contributed by atoms with E-state index in [9.17, 15) is 13.2 Å². The number of piperidine rings is 1. The van der Waals surface area contributed by atoms with Crippen LogP contribution in [0.2, 0.25) is 5.02 Å². The molecule has 9 heteroatoms. The third-order valence-electron chi connectivity index (χ3n) is 5.44. The first-order valence-electron chi connectivity index (χ1n) is 10.5. The zero-order valence-corrected chi connectivity index (χ0v) is 19.8. The predicted octanol–water partition coefficient (Wildman–Crippen LogP) is 4.64. The summed E-state index contributed by atoms with van der Waals surface area (Å²) in [5.74, 6) is 0.297. The number of amides is 1. The van der Waals surface area contributed by atoms with Crippen molar-refractivity contribution in [2.24, 2.45) is 0 Å². The highest BCUT2D eigenvalue weighted by molar-refractivity contribution is 7.92. The molecule has 3 aromatic rings. The Balaban J connectivity index is 1.24. The van der Waals surface area contributed by atoms with E-state index in [0.29, 0.717) is 24.0 Å². The summed E-state index contributed by atoms with van der Waals surface area (Å²) in [6.45, 7) is 1.39. The average Bonchev–Trinajstić information content (AvgIpc) is 3.22. The van der Waals surface area contributed by atoms with Gasteiger partial charge in [-0.1, -0.05) is 41.9 Å². The van der Waals surface area contributed by atoms with Crippen LogP contribution in [-0.2, 0) is 14.8 Å². The molecule has 1 fully saturated rings. The van der Waals surface area contributed by atoms with Crippen molar-refractivity contribution in [1.82, 2.24) is 14.6 Å². The van der Waals surface area contributed by atoms with E-state index in [1.807, 2.05) is 53.4 Å². The summed E-state index contributed by atoms with van der Waals surface area (Å²) < 4.78 is 27.8. The van der Waals surface area contributed by atoms with E-state index in [-0.39, 0.29) is 18.9 Å². The highest BCUT2D eigenvalue weighted by Gasteiger charge is 2.26. The van der Waals surface area contributed by atoms with E-state index in [4.69, 9.17) is 16.6 Å². The molecule has 0 aliphatic carbocycles. The fourth-order valence-electron chi connectivity index (χ4n) is 3.71. The molecule has 6 nitrogen and oxygen atoms in total. The van der Waals surface area contributed by atoms with E-state index in [2.05, 4.69) is 4.72 Å². The molecule has 1 N–H and O–H groups in total. The fourth-order valence-corrected chi connectivity index (χ4v) is 5.81. The largest absolute Gasteiger partial charge is 0.343 e. The molecule has 0 radical (unpaired) electrons. The van der Waals surface area contributed by atoms with E-state index >= 15 is 0 Å². The molecule has 1 amide bonds. The van der Waals surface area contributed by atoms with E-state index < -0.39 is 10.0 Å². The van der Waals surface area contributed by atoms with Gasteiger partial charge in [-0.2, -0.15) is 0 Å². The number of nitrogens with zero attached hydrogens (tertiary/aromatic N) is 2. The standard InChI is InChI=1S/C23H24ClN3O3S2/c24-19-6-7-21-20(16-19)26-23(31-21)18-9-13-27(14-10-18)22(28)8-12-25-32(29,30)15-11-17-4-2-1-3-5-17/h1-7,11,15-16,18,25H,8-10,12-14H2/b15-11+. The van der Waals surface area contributed by atoms with Crippen molar-refractivity contribution in [3.8, 4) is 0 Å². The van der Waals surface area contributed by atoms with Gasteiger partial charge in [-0.05, 0) is 42.7 Å². The Morgan fingerprint density at radius 3 is 2.69 bits per heavy atom. The minimum Gasteiger partial charge on any atom is -0.343 e. The van der Waals surface area contributed by atoms with E-state index in [1.54, 1.807) is 11.3 Å². The Bertz CT molecular complexity index is 1220. The zero-order chi connectivity index (χ0) is 22.6. The number of carbonyl (C=O) groups excluding carboxylic acids is 1. The Morgan fingerprint density at radius 2 is 1.94 bits per heavy atom. The van der Waals surface area contributed by atoms with Gasteiger partial charge in [0.1, 0.15) is 0 Å². The Morgan fingerprint density at radius 1 is 1.19 bits per heavy atom. The second kappa shape index (κ2) is 10.1. The number of nitrogens with one attached hydrogen (secondary N) is 1. The van der Waals surface area contributed by atoms with Crippen molar-refractivity contribution in [3.63, 3.8) is 0 Å². The zero-order valence-electron chi connectivity index (χ0n) is 17.4. The van der Waals surface area contributed by atoms with Crippen LogP contribution in [0.15, 0.2) is 53.9 Å². The summed E-state index contributed by atoms with van der Waals surface area (Å²) in [4.78, 5) is 19.1. The number of aromatic nitrogens is 1. The molecule has 0 saturated carbocycles. The van der Waals surface area contributed by atoms with Crippen LogP contribution in [0.25, 0.3) is 16.3 Å². The second-order valence-electron chi connectivity index (χ2n) is 7.72. The number of benzene rings is 2. The van der Waals surface area contributed by atoms with Crippen LogP contribution in [0, 0.1) is 0 Å². The van der Waals surface area contributed by atoms with Crippen molar-refractivity contribution < 1.29 is 13.2 Å². The van der Waals surface area contributed by atoms with Crippen LogP contribution in [0.3, 0.4) is 0 Å². The monoisotopic (exact) mass is 489 g/mol. The fraction of sp³-hybridized carbons (Fsp3) is 0.304. The van der Waals surface area contributed by atoms with Gasteiger partial charge in [0, 0.05) is 42.4 Å². The van der Waals surface area contributed by atoms with Crippen molar-refractivity contribution in [1.29, 1.82) is 0 Å². The molecule has 4 rings (SSSR count). The van der Waals surface area contributed by atoms with Crippen molar-refractivity contribution in [2.45, 2.75) is 25.2 Å². The lowest BCUT2D eigenvalue weighted by Gasteiger charge is -2.31. The van der Waals surface area contributed by atoms with Gasteiger partial charge in [-0.25, -0.2) is 18.1 Å². The average molecular weight is 490 g/mol. The lowest BCUT2D eigenvalue weighted by molar-refractivity contribution is -0.132. The topological polar surface area (TPSA) is 79.4 Å². The minimum atomic E-state index is -3.58. The van der Waals surface area contributed by atoms with Crippen molar-refractivity contribution in [2.75, 3.05) is 19.6 Å². The predicted molar refractivity (Wildman–Crippen MR) is 130 cm³/mol. The van der Waals surface area contributed by atoms with Crippen LogP contribution in [-0.4, -0.2) is 43.8 Å². The van der Waals surface area contributed by atoms with Gasteiger partial charge in [-0.15, -0.1) is 11.3 Å². The first-order chi connectivity index (χ1) is 15.4. The molecule has 0 unspecified atom stereocenters. The number of hydrogen-bond donors (Lipinski definition) is 1. The summed E-state index contributed by atoms with van der Waals surface area (Å²) in [6, 6.07) is 14.9. The number of likely N-dealkylation sites (tertiary alicyclic amines) is 1. The third kappa shape index (κ3) is 5.95. The van der Waals surface area contributed by atoms with E-state index in [1.165, 1.54) is 6.08 Å². The van der Waals surface area contributed by atoms with Gasteiger partial charge in [0.15, 0.2) is 0 Å².